The van der Waals surface area contributed by atoms with Gasteiger partial charge >= 0.3 is 0 Å². The average molecular weight is 248 g/mol. The minimum atomic E-state index is -0.301. The smallest absolute Gasteiger partial charge is 0.141 e. The molecule has 1 aromatic heterocycles. The van der Waals surface area contributed by atoms with Crippen LogP contribution in [0.25, 0.3) is 10.1 Å². The van der Waals surface area contributed by atoms with Crippen LogP contribution in [0.1, 0.15) is 37.3 Å². The van der Waals surface area contributed by atoms with Gasteiger partial charge in [0.25, 0.3) is 0 Å². The fraction of sp³-hybridized carbons (Fsp3) is 0.308. The Balaban J connectivity index is 2.87. The summed E-state index contributed by atoms with van der Waals surface area (Å²) >= 11 is 1.15. The normalized spacial score (nSPS) is 12.6. The second-order valence-electron chi connectivity index (χ2n) is 4.10. The van der Waals surface area contributed by atoms with E-state index in [1.54, 1.807) is 6.07 Å². The summed E-state index contributed by atoms with van der Waals surface area (Å²) in [6.07, 6.45) is 0.946. The van der Waals surface area contributed by atoms with E-state index in [0.29, 0.717) is 26.6 Å². The number of benzene rings is 1. The summed E-state index contributed by atoms with van der Waals surface area (Å²) in [5, 5.41) is 10.2. The van der Waals surface area contributed by atoms with Crippen LogP contribution in [0.5, 0.6) is 0 Å². The van der Waals surface area contributed by atoms with Crippen LogP contribution in [-0.2, 0) is 0 Å². The average Bonchev–Trinajstić information content (AvgIpc) is 2.66. The van der Waals surface area contributed by atoms with E-state index in [4.69, 9.17) is 11.0 Å². The minimum Gasteiger partial charge on any atom is -0.389 e. The third-order valence-corrected chi connectivity index (χ3v) is 4.13. The molecule has 0 bridgehead atoms. The highest BCUT2D eigenvalue weighted by Crippen LogP contribution is 2.39. The highest BCUT2D eigenvalue weighted by atomic mass is 32.1. The van der Waals surface area contributed by atoms with Gasteiger partial charge in [-0.2, -0.15) is 5.26 Å². The van der Waals surface area contributed by atoms with Gasteiger partial charge in [-0.25, -0.2) is 4.39 Å². The van der Waals surface area contributed by atoms with Crippen LogP contribution in [0.4, 0.5) is 9.39 Å². The predicted molar refractivity (Wildman–Crippen MR) is 69.6 cm³/mol. The number of thiophene rings is 1. The molecule has 4 heteroatoms. The van der Waals surface area contributed by atoms with Crippen molar-refractivity contribution in [3.63, 3.8) is 0 Å². The molecule has 2 nitrogen and oxygen atoms in total. The van der Waals surface area contributed by atoms with Crippen LogP contribution >= 0.6 is 11.3 Å². The Hall–Kier alpha value is -1.60. The number of halogens is 1. The molecule has 2 rings (SSSR count). The number of nitriles is 1. The maximum absolute atomic E-state index is 13.7. The van der Waals surface area contributed by atoms with Gasteiger partial charge in [-0.1, -0.05) is 19.9 Å². The van der Waals surface area contributed by atoms with Crippen molar-refractivity contribution in [2.24, 2.45) is 0 Å². The summed E-state index contributed by atoms with van der Waals surface area (Å²) in [6, 6.07) is 5.31. The van der Waals surface area contributed by atoms with Crippen molar-refractivity contribution in [3.05, 3.63) is 29.1 Å². The van der Waals surface area contributed by atoms with Gasteiger partial charge < -0.3 is 5.73 Å². The Bertz CT molecular complexity index is 610. The molecule has 1 aromatic carbocycles. The molecule has 0 radical (unpaired) electrons. The fourth-order valence-corrected chi connectivity index (χ4v) is 2.91. The van der Waals surface area contributed by atoms with E-state index in [2.05, 4.69) is 19.9 Å². The molecular weight excluding hydrogens is 235 g/mol. The maximum atomic E-state index is 13.7. The van der Waals surface area contributed by atoms with E-state index in [9.17, 15) is 4.39 Å². The molecule has 88 valence electrons. The number of nitrogen functional groups attached to an aromatic ring is 1. The van der Waals surface area contributed by atoms with E-state index < -0.39 is 0 Å². The highest BCUT2D eigenvalue weighted by molar-refractivity contribution is 7.23. The van der Waals surface area contributed by atoms with Gasteiger partial charge in [0.1, 0.15) is 16.9 Å². The summed E-state index contributed by atoms with van der Waals surface area (Å²) in [7, 11) is 0. The maximum Gasteiger partial charge on any atom is 0.141 e. The van der Waals surface area contributed by atoms with E-state index in [1.165, 1.54) is 6.07 Å². The van der Waals surface area contributed by atoms with Crippen molar-refractivity contribution in [3.8, 4) is 6.07 Å². The van der Waals surface area contributed by atoms with Crippen LogP contribution in [0, 0.1) is 17.1 Å². The SMILES string of the molecule is CCC(C)c1ccc(F)c2sc(N)c(C#N)c12. The molecule has 0 spiro atoms. The van der Waals surface area contributed by atoms with Crippen molar-refractivity contribution in [1.82, 2.24) is 0 Å². The summed E-state index contributed by atoms with van der Waals surface area (Å²) in [5.41, 5.74) is 7.20. The fourth-order valence-electron chi connectivity index (χ4n) is 1.96. The third-order valence-electron chi connectivity index (χ3n) is 3.11. The number of fused-ring (bicyclic) bond motifs is 1. The number of nitrogens with two attached hydrogens (primary N) is 1. The highest BCUT2D eigenvalue weighted by Gasteiger charge is 2.18. The predicted octanol–water partition coefficient (Wildman–Crippen LogP) is 4.01. The summed E-state index contributed by atoms with van der Waals surface area (Å²) in [6.45, 7) is 4.14. The number of anilines is 1. The summed E-state index contributed by atoms with van der Waals surface area (Å²) in [5.74, 6) is -0.00977. The second kappa shape index (κ2) is 4.34. The van der Waals surface area contributed by atoms with E-state index >= 15 is 0 Å². The monoisotopic (exact) mass is 248 g/mol. The zero-order chi connectivity index (χ0) is 12.6. The Morgan fingerprint density at radius 2 is 2.24 bits per heavy atom. The van der Waals surface area contributed by atoms with Crippen molar-refractivity contribution in [1.29, 1.82) is 5.26 Å². The largest absolute Gasteiger partial charge is 0.389 e. The van der Waals surface area contributed by atoms with Gasteiger partial charge in [0, 0.05) is 5.39 Å². The van der Waals surface area contributed by atoms with Crippen molar-refractivity contribution in [2.45, 2.75) is 26.2 Å². The first kappa shape index (κ1) is 11.9. The molecule has 0 saturated heterocycles. The zero-order valence-corrected chi connectivity index (χ0v) is 10.6. The van der Waals surface area contributed by atoms with Gasteiger partial charge in [0.15, 0.2) is 0 Å². The molecule has 0 aliphatic heterocycles. The van der Waals surface area contributed by atoms with E-state index in [-0.39, 0.29) is 5.82 Å². The Morgan fingerprint density at radius 3 is 2.82 bits per heavy atom. The molecule has 2 aromatic rings. The van der Waals surface area contributed by atoms with Crippen LogP contribution < -0.4 is 5.73 Å². The molecule has 1 heterocycles. The Kier molecular flexibility index (Phi) is 3.03. The molecule has 1 unspecified atom stereocenters. The lowest BCUT2D eigenvalue weighted by atomic mass is 9.93. The van der Waals surface area contributed by atoms with Gasteiger partial charge in [-0.05, 0) is 24.0 Å². The van der Waals surface area contributed by atoms with E-state index in [0.717, 1.165) is 23.3 Å². The van der Waals surface area contributed by atoms with Gasteiger partial charge in [-0.3, -0.25) is 0 Å². The molecule has 0 fully saturated rings. The third kappa shape index (κ3) is 1.77. The first-order chi connectivity index (χ1) is 8.10. The topological polar surface area (TPSA) is 49.8 Å². The van der Waals surface area contributed by atoms with Crippen LogP contribution in [-0.4, -0.2) is 0 Å². The lowest BCUT2D eigenvalue weighted by molar-refractivity contribution is 0.640. The quantitative estimate of drug-likeness (QED) is 0.873. The van der Waals surface area contributed by atoms with Crippen molar-refractivity contribution in [2.75, 3.05) is 5.73 Å². The minimum absolute atomic E-state index is 0.291. The van der Waals surface area contributed by atoms with Crippen LogP contribution in [0.15, 0.2) is 12.1 Å². The lowest BCUT2D eigenvalue weighted by Gasteiger charge is -2.11. The molecule has 1 atom stereocenters. The molecule has 17 heavy (non-hydrogen) atoms. The molecule has 0 amide bonds. The first-order valence-electron chi connectivity index (χ1n) is 5.50. The Labute approximate surface area is 103 Å². The molecule has 0 aliphatic carbocycles. The molecule has 0 aliphatic rings. The summed E-state index contributed by atoms with van der Waals surface area (Å²) < 4.78 is 14.2. The van der Waals surface area contributed by atoms with Crippen LogP contribution in [0.2, 0.25) is 0 Å². The lowest BCUT2D eigenvalue weighted by Crippen LogP contribution is -1.94. The van der Waals surface area contributed by atoms with E-state index in [1.807, 2.05) is 0 Å². The standard InChI is InChI=1S/C13H13FN2S/c1-3-7(2)8-4-5-10(14)12-11(8)9(6-15)13(16)17-12/h4-5,7H,3,16H2,1-2H3. The number of nitrogens with zero attached hydrogens (tertiary/aromatic N) is 1. The Morgan fingerprint density at radius 1 is 1.53 bits per heavy atom. The molecular formula is C13H13FN2S. The van der Waals surface area contributed by atoms with Gasteiger partial charge in [-0.15, -0.1) is 11.3 Å². The molecule has 2 N–H and O–H groups in total. The number of hydrogen-bond acceptors (Lipinski definition) is 3. The zero-order valence-electron chi connectivity index (χ0n) is 9.75. The number of rotatable bonds is 2. The number of hydrogen-bond donors (Lipinski definition) is 1. The first-order valence-corrected chi connectivity index (χ1v) is 6.32. The van der Waals surface area contributed by atoms with Gasteiger partial charge in [0.05, 0.1) is 10.3 Å². The van der Waals surface area contributed by atoms with Crippen molar-refractivity contribution < 1.29 is 4.39 Å². The van der Waals surface area contributed by atoms with Crippen molar-refractivity contribution >= 4 is 26.4 Å². The summed E-state index contributed by atoms with van der Waals surface area (Å²) in [4.78, 5) is 0. The van der Waals surface area contributed by atoms with Gasteiger partial charge in [0.2, 0.25) is 0 Å². The molecule has 0 saturated carbocycles. The second-order valence-corrected chi connectivity index (χ2v) is 5.16. The van der Waals surface area contributed by atoms with Crippen LogP contribution in [0.3, 0.4) is 0 Å².